The van der Waals surface area contributed by atoms with Crippen molar-refractivity contribution in [3.8, 4) is 11.1 Å². The molecule has 0 spiro atoms. The van der Waals surface area contributed by atoms with Gasteiger partial charge in [0.05, 0.1) is 0 Å². The van der Waals surface area contributed by atoms with Crippen LogP contribution in [-0.2, 0) is 6.42 Å². The molecule has 2 rings (SSSR count). The molecule has 0 fully saturated rings. The Kier molecular flexibility index (Phi) is 7.17. The first kappa shape index (κ1) is 18.5. The van der Waals surface area contributed by atoms with Gasteiger partial charge < -0.3 is 0 Å². The smallest absolute Gasteiger partial charge is 0.0105 e. The normalized spacial score (nSPS) is 10.8. The van der Waals surface area contributed by atoms with E-state index >= 15 is 0 Å². The van der Waals surface area contributed by atoms with Gasteiger partial charge in [-0.05, 0) is 63.9 Å². The lowest BCUT2D eigenvalue weighted by Crippen LogP contribution is -2.07. The maximum Gasteiger partial charge on any atom is -0.0105 e. The zero-order valence-corrected chi connectivity index (χ0v) is 16.9. The molecular formula is C20H25P3. The second kappa shape index (κ2) is 8.89. The third-order valence-corrected chi connectivity index (χ3v) is 5.81. The number of hydrogen-bond acceptors (Lipinski definition) is 0. The van der Waals surface area contributed by atoms with Crippen LogP contribution in [0.15, 0.2) is 49.6 Å². The Hall–Kier alpha value is -0.790. The van der Waals surface area contributed by atoms with E-state index in [4.69, 9.17) is 0 Å². The fourth-order valence-corrected chi connectivity index (χ4v) is 4.12. The summed E-state index contributed by atoms with van der Waals surface area (Å²) in [7, 11) is 8.45. The maximum atomic E-state index is 4.01. The van der Waals surface area contributed by atoms with Crippen LogP contribution in [0.5, 0.6) is 0 Å². The highest BCUT2D eigenvalue weighted by Crippen LogP contribution is 2.30. The molecule has 0 heterocycles. The molecule has 3 unspecified atom stereocenters. The van der Waals surface area contributed by atoms with Crippen LogP contribution < -0.4 is 5.30 Å². The Bertz CT molecular complexity index is 700. The Balaban J connectivity index is 2.44. The van der Waals surface area contributed by atoms with Crippen molar-refractivity contribution >= 4 is 45.2 Å². The van der Waals surface area contributed by atoms with Crippen molar-refractivity contribution in [2.45, 2.75) is 6.42 Å². The average Bonchev–Trinajstić information content (AvgIpc) is 2.59. The molecule has 0 aliphatic rings. The van der Waals surface area contributed by atoms with Crippen LogP contribution in [0.2, 0.25) is 0 Å². The molecule has 23 heavy (non-hydrogen) atoms. The van der Waals surface area contributed by atoms with E-state index in [-0.39, 0.29) is 0 Å². The molecule has 0 saturated heterocycles. The summed E-state index contributed by atoms with van der Waals surface area (Å²) in [5.74, 6) is 0.689. The van der Waals surface area contributed by atoms with Gasteiger partial charge in [-0.25, -0.2) is 0 Å². The van der Waals surface area contributed by atoms with Gasteiger partial charge in [0.25, 0.3) is 0 Å². The first-order chi connectivity index (χ1) is 11.1. The summed E-state index contributed by atoms with van der Waals surface area (Å²) in [6.45, 7) is 7.97. The van der Waals surface area contributed by atoms with Gasteiger partial charge in [0.2, 0.25) is 0 Å². The van der Waals surface area contributed by atoms with Gasteiger partial charge in [-0.1, -0.05) is 55.6 Å². The second-order valence-corrected chi connectivity index (χ2v) is 7.33. The van der Waals surface area contributed by atoms with Crippen LogP contribution in [0, 0.1) is 5.92 Å². The highest BCUT2D eigenvalue weighted by atomic mass is 31.0. The number of hydrogen-bond donors (Lipinski definition) is 0. The molecule has 120 valence electrons. The van der Waals surface area contributed by atoms with Crippen LogP contribution in [-0.4, -0.2) is 12.3 Å². The Morgan fingerprint density at radius 3 is 2.00 bits per heavy atom. The molecule has 0 aromatic heterocycles. The van der Waals surface area contributed by atoms with Crippen LogP contribution >= 0.6 is 27.7 Å². The van der Waals surface area contributed by atoms with E-state index in [2.05, 4.69) is 77.3 Å². The average molecular weight is 358 g/mol. The summed E-state index contributed by atoms with van der Waals surface area (Å²) < 4.78 is 0. The van der Waals surface area contributed by atoms with Gasteiger partial charge >= 0.3 is 0 Å². The van der Waals surface area contributed by atoms with E-state index < -0.39 is 0 Å². The lowest BCUT2D eigenvalue weighted by molar-refractivity contribution is 0.670. The van der Waals surface area contributed by atoms with Crippen molar-refractivity contribution in [1.29, 1.82) is 0 Å². The molecule has 2 aromatic rings. The third-order valence-electron chi connectivity index (χ3n) is 4.11. The van der Waals surface area contributed by atoms with Gasteiger partial charge in [0.15, 0.2) is 0 Å². The van der Waals surface area contributed by atoms with Crippen LogP contribution in [0.25, 0.3) is 23.3 Å². The predicted molar refractivity (Wildman–Crippen MR) is 118 cm³/mol. The molecule has 2 aromatic carbocycles. The van der Waals surface area contributed by atoms with Crippen molar-refractivity contribution in [3.05, 3.63) is 66.2 Å². The quantitative estimate of drug-likeness (QED) is 0.608. The highest BCUT2D eigenvalue weighted by molar-refractivity contribution is 7.27. The molecule has 3 atom stereocenters. The first-order valence-corrected chi connectivity index (χ1v) is 10.0. The minimum atomic E-state index is 0.689. The molecule has 0 aliphatic carbocycles. The fourth-order valence-electron chi connectivity index (χ4n) is 2.74. The Labute approximate surface area is 147 Å². The third kappa shape index (κ3) is 4.61. The number of benzene rings is 2. The largest absolute Gasteiger partial charge is 0.137 e. The molecule has 0 N–H and O–H groups in total. The first-order valence-electron chi connectivity index (χ1n) is 7.80. The van der Waals surface area contributed by atoms with Gasteiger partial charge in [0, 0.05) is 0 Å². The zero-order valence-electron chi connectivity index (χ0n) is 13.5. The Morgan fingerprint density at radius 1 is 0.870 bits per heavy atom. The standard InChI is InChI=1S/C20H25P3/c1-3-16-10-14(9-15(12-21)13-22)5-7-19(16)20-8-6-18(23)11-17(20)4-2/h3-8,10-11,15H,1-2,9,12-13,21-23H2. The van der Waals surface area contributed by atoms with Crippen molar-refractivity contribution < 1.29 is 0 Å². The molecule has 0 radical (unpaired) electrons. The van der Waals surface area contributed by atoms with E-state index in [0.717, 1.165) is 24.3 Å². The summed E-state index contributed by atoms with van der Waals surface area (Å²) >= 11 is 0. The van der Waals surface area contributed by atoms with Crippen molar-refractivity contribution in [3.63, 3.8) is 0 Å². The zero-order chi connectivity index (χ0) is 16.8. The van der Waals surface area contributed by atoms with Crippen molar-refractivity contribution in [2.24, 2.45) is 5.92 Å². The molecular weight excluding hydrogens is 333 g/mol. The lowest BCUT2D eigenvalue weighted by Gasteiger charge is -2.15. The summed E-state index contributed by atoms with van der Waals surface area (Å²) in [6, 6.07) is 13.2. The van der Waals surface area contributed by atoms with Gasteiger partial charge in [0.1, 0.15) is 0 Å². The predicted octanol–water partition coefficient (Wildman–Crippen LogP) is 5.05. The Morgan fingerprint density at radius 2 is 1.43 bits per heavy atom. The maximum absolute atomic E-state index is 4.01. The highest BCUT2D eigenvalue weighted by Gasteiger charge is 2.10. The van der Waals surface area contributed by atoms with Gasteiger partial charge in [-0.3, -0.25) is 0 Å². The molecule has 0 saturated carbocycles. The van der Waals surface area contributed by atoms with Gasteiger partial charge in [-0.15, -0.1) is 27.7 Å². The van der Waals surface area contributed by atoms with Crippen molar-refractivity contribution in [2.75, 3.05) is 12.3 Å². The second-order valence-electron chi connectivity index (χ2n) is 5.72. The summed E-state index contributed by atoms with van der Waals surface area (Å²) in [6.07, 6.45) is 7.24. The SMILES string of the molecule is C=Cc1cc(P)ccc1-c1ccc(CC(CP)CP)cc1C=C. The van der Waals surface area contributed by atoms with E-state index in [0.29, 0.717) is 5.92 Å². The van der Waals surface area contributed by atoms with E-state index in [1.165, 1.54) is 27.6 Å². The van der Waals surface area contributed by atoms with Crippen LogP contribution in [0.3, 0.4) is 0 Å². The van der Waals surface area contributed by atoms with E-state index in [9.17, 15) is 0 Å². The minimum absolute atomic E-state index is 0.689. The van der Waals surface area contributed by atoms with Crippen LogP contribution in [0.4, 0.5) is 0 Å². The molecule has 0 bridgehead atoms. The monoisotopic (exact) mass is 358 g/mol. The molecule has 0 amide bonds. The summed E-state index contributed by atoms with van der Waals surface area (Å²) in [5.41, 5.74) is 6.15. The lowest BCUT2D eigenvalue weighted by atomic mass is 9.92. The summed E-state index contributed by atoms with van der Waals surface area (Å²) in [5, 5.41) is 1.17. The minimum Gasteiger partial charge on any atom is -0.137 e. The van der Waals surface area contributed by atoms with E-state index in [1.54, 1.807) is 0 Å². The number of rotatable bonds is 7. The van der Waals surface area contributed by atoms with Gasteiger partial charge in [-0.2, -0.15) is 0 Å². The molecule has 0 aliphatic heterocycles. The molecule has 0 nitrogen and oxygen atoms in total. The van der Waals surface area contributed by atoms with Crippen molar-refractivity contribution in [1.82, 2.24) is 0 Å². The topological polar surface area (TPSA) is 0 Å². The van der Waals surface area contributed by atoms with E-state index in [1.807, 2.05) is 12.2 Å². The molecule has 3 heteroatoms. The van der Waals surface area contributed by atoms with Crippen LogP contribution in [0.1, 0.15) is 16.7 Å². The fraction of sp³-hybridized carbons (Fsp3) is 0.200. The summed E-state index contributed by atoms with van der Waals surface area (Å²) in [4.78, 5) is 0.